The highest BCUT2D eigenvalue weighted by Gasteiger charge is 2.20. The monoisotopic (exact) mass is 716 g/mol. The number of hydrogen-bond acceptors (Lipinski definition) is 4. The zero-order chi connectivity index (χ0) is 37.0. The second kappa shape index (κ2) is 13.0. The summed E-state index contributed by atoms with van der Waals surface area (Å²) in [4.78, 5) is 14.9. The minimum absolute atomic E-state index is 0.565. The molecule has 0 radical (unpaired) electrons. The normalized spacial score (nSPS) is 11.6. The van der Waals surface area contributed by atoms with E-state index in [-0.39, 0.29) is 0 Å². The summed E-state index contributed by atoms with van der Waals surface area (Å²) in [6, 6.07) is 67.5. The van der Waals surface area contributed by atoms with Crippen LogP contribution in [0.3, 0.4) is 0 Å². The number of furan rings is 1. The maximum atomic E-state index is 6.87. The lowest BCUT2D eigenvalue weighted by atomic mass is 10.0. The van der Waals surface area contributed by atoms with E-state index >= 15 is 0 Å². The zero-order valence-corrected chi connectivity index (χ0v) is 30.2. The molecule has 11 aromatic rings. The predicted molar refractivity (Wildman–Crippen MR) is 229 cm³/mol. The van der Waals surface area contributed by atoms with Gasteiger partial charge in [0.25, 0.3) is 0 Å². The quantitative estimate of drug-likeness (QED) is 0.172. The fourth-order valence-electron chi connectivity index (χ4n) is 8.00. The lowest BCUT2D eigenvalue weighted by molar-refractivity contribution is 0.670. The van der Waals surface area contributed by atoms with Gasteiger partial charge in [0.2, 0.25) is 0 Å². The summed E-state index contributed by atoms with van der Waals surface area (Å²) >= 11 is 0. The van der Waals surface area contributed by atoms with Crippen LogP contribution in [0.2, 0.25) is 0 Å². The third-order valence-electron chi connectivity index (χ3n) is 10.7. The summed E-state index contributed by atoms with van der Waals surface area (Å²) in [6.45, 7) is 0. The molecule has 5 heteroatoms. The van der Waals surface area contributed by atoms with Crippen LogP contribution in [0.1, 0.15) is 0 Å². The fourth-order valence-corrected chi connectivity index (χ4v) is 8.00. The van der Waals surface area contributed by atoms with Crippen LogP contribution in [-0.2, 0) is 0 Å². The van der Waals surface area contributed by atoms with Crippen LogP contribution >= 0.6 is 0 Å². The van der Waals surface area contributed by atoms with Gasteiger partial charge in [-0.15, -0.1) is 0 Å². The van der Waals surface area contributed by atoms with E-state index < -0.39 is 0 Å². The Morgan fingerprint density at radius 2 is 0.821 bits per heavy atom. The summed E-state index contributed by atoms with van der Waals surface area (Å²) in [7, 11) is 0. The van der Waals surface area contributed by atoms with Crippen LogP contribution < -0.4 is 0 Å². The van der Waals surface area contributed by atoms with E-state index in [9.17, 15) is 0 Å². The average molecular weight is 717 g/mol. The fraction of sp³-hybridized carbons (Fsp3) is 0. The first-order chi connectivity index (χ1) is 27.8. The maximum absolute atomic E-state index is 6.87. The van der Waals surface area contributed by atoms with E-state index in [0.717, 1.165) is 55.4 Å². The Bertz CT molecular complexity index is 3160. The Morgan fingerprint density at radius 1 is 0.321 bits per heavy atom. The van der Waals surface area contributed by atoms with Gasteiger partial charge in [-0.3, -0.25) is 0 Å². The van der Waals surface area contributed by atoms with Gasteiger partial charge in [0.05, 0.1) is 16.6 Å². The molecule has 0 spiro atoms. The van der Waals surface area contributed by atoms with Crippen molar-refractivity contribution in [1.29, 1.82) is 0 Å². The van der Waals surface area contributed by atoms with Crippen molar-refractivity contribution in [3.8, 4) is 62.1 Å². The maximum Gasteiger partial charge on any atom is 0.167 e. The highest BCUT2D eigenvalue weighted by molar-refractivity contribution is 6.13. The standard InChI is InChI=1S/C51H32N4O/c1-4-14-33(15-5-1)37-28-31-46-44(32-37)40-20-10-11-25-45(40)55(46)38-29-26-34(27-30-38)39-21-12-22-41-42-23-13-24-43(48(42)56-47(39)41)51-53-49(35-16-6-2-7-17-35)52-50(54-51)36-18-8-3-9-19-36/h1-32H. The molecule has 3 aromatic heterocycles. The van der Waals surface area contributed by atoms with Crippen LogP contribution in [-0.4, -0.2) is 19.5 Å². The molecule has 0 atom stereocenters. The second-order valence-corrected chi connectivity index (χ2v) is 14.0. The zero-order valence-electron chi connectivity index (χ0n) is 30.2. The van der Waals surface area contributed by atoms with Gasteiger partial charge in [0, 0.05) is 43.9 Å². The molecule has 11 rings (SSSR count). The van der Waals surface area contributed by atoms with Gasteiger partial charge < -0.3 is 8.98 Å². The number of nitrogens with zero attached hydrogens (tertiary/aromatic N) is 4. The van der Waals surface area contributed by atoms with E-state index in [4.69, 9.17) is 19.4 Å². The van der Waals surface area contributed by atoms with Crippen molar-refractivity contribution in [3.05, 3.63) is 194 Å². The molecule has 0 aliphatic heterocycles. The molecule has 56 heavy (non-hydrogen) atoms. The molecule has 0 aliphatic carbocycles. The second-order valence-electron chi connectivity index (χ2n) is 14.0. The smallest absolute Gasteiger partial charge is 0.167 e. The molecule has 0 saturated heterocycles. The summed E-state index contributed by atoms with van der Waals surface area (Å²) in [5, 5.41) is 4.52. The number of hydrogen-bond donors (Lipinski definition) is 0. The van der Waals surface area contributed by atoms with Gasteiger partial charge in [-0.2, -0.15) is 0 Å². The third-order valence-corrected chi connectivity index (χ3v) is 10.7. The van der Waals surface area contributed by atoms with Gasteiger partial charge in [0.15, 0.2) is 17.5 Å². The molecule has 0 N–H and O–H groups in total. The number of para-hydroxylation sites is 3. The highest BCUT2D eigenvalue weighted by atomic mass is 16.3. The van der Waals surface area contributed by atoms with Crippen molar-refractivity contribution < 1.29 is 4.42 Å². The van der Waals surface area contributed by atoms with Crippen molar-refractivity contribution in [2.75, 3.05) is 0 Å². The molecule has 3 heterocycles. The van der Waals surface area contributed by atoms with Crippen LogP contribution in [0.15, 0.2) is 199 Å². The topological polar surface area (TPSA) is 56.7 Å². The molecular formula is C51H32N4O. The summed E-state index contributed by atoms with van der Waals surface area (Å²) in [5.41, 5.74) is 12.2. The van der Waals surface area contributed by atoms with Crippen molar-refractivity contribution in [2.24, 2.45) is 0 Å². The van der Waals surface area contributed by atoms with E-state index in [1.54, 1.807) is 0 Å². The Kier molecular flexibility index (Phi) is 7.42. The molecule has 0 unspecified atom stereocenters. The molecule has 0 bridgehead atoms. The number of benzene rings is 8. The Morgan fingerprint density at radius 3 is 1.48 bits per heavy atom. The van der Waals surface area contributed by atoms with E-state index in [0.29, 0.717) is 17.5 Å². The Labute approximate surface area is 322 Å². The van der Waals surface area contributed by atoms with Crippen LogP contribution in [0.25, 0.3) is 106 Å². The first kappa shape index (κ1) is 31.9. The van der Waals surface area contributed by atoms with Gasteiger partial charge in [-0.1, -0.05) is 158 Å². The Balaban J connectivity index is 1.02. The van der Waals surface area contributed by atoms with Gasteiger partial charge in [-0.05, 0) is 53.1 Å². The molecule has 0 fully saturated rings. The summed E-state index contributed by atoms with van der Waals surface area (Å²) in [5.74, 6) is 1.79. The minimum atomic E-state index is 0.565. The number of rotatable bonds is 6. The van der Waals surface area contributed by atoms with E-state index in [1.807, 2.05) is 66.7 Å². The average Bonchev–Trinajstić information content (AvgIpc) is 3.83. The predicted octanol–water partition coefficient (Wildman–Crippen LogP) is 13.2. The first-order valence-corrected chi connectivity index (χ1v) is 18.8. The van der Waals surface area contributed by atoms with Crippen molar-refractivity contribution in [3.63, 3.8) is 0 Å². The SMILES string of the molecule is c1ccc(-c2ccc3c(c2)c2ccccc2n3-c2ccc(-c3cccc4c3oc3c(-c5nc(-c6ccccc6)nc(-c6ccccc6)n5)cccc34)cc2)cc1. The number of fused-ring (bicyclic) bond motifs is 6. The van der Waals surface area contributed by atoms with Crippen LogP contribution in [0.4, 0.5) is 0 Å². The van der Waals surface area contributed by atoms with E-state index in [1.165, 1.54) is 32.9 Å². The number of aromatic nitrogens is 4. The van der Waals surface area contributed by atoms with Crippen molar-refractivity contribution in [1.82, 2.24) is 19.5 Å². The van der Waals surface area contributed by atoms with E-state index in [2.05, 4.69) is 132 Å². The summed E-state index contributed by atoms with van der Waals surface area (Å²) in [6.07, 6.45) is 0. The van der Waals surface area contributed by atoms with Gasteiger partial charge >= 0.3 is 0 Å². The largest absolute Gasteiger partial charge is 0.455 e. The van der Waals surface area contributed by atoms with Crippen LogP contribution in [0, 0.1) is 0 Å². The van der Waals surface area contributed by atoms with Crippen molar-refractivity contribution in [2.45, 2.75) is 0 Å². The minimum Gasteiger partial charge on any atom is -0.455 e. The first-order valence-electron chi connectivity index (χ1n) is 18.8. The van der Waals surface area contributed by atoms with Gasteiger partial charge in [0.1, 0.15) is 11.2 Å². The third kappa shape index (κ3) is 5.29. The molecule has 8 aromatic carbocycles. The van der Waals surface area contributed by atoms with Crippen LogP contribution in [0.5, 0.6) is 0 Å². The summed E-state index contributed by atoms with van der Waals surface area (Å²) < 4.78 is 9.24. The van der Waals surface area contributed by atoms with Gasteiger partial charge in [-0.25, -0.2) is 15.0 Å². The molecule has 0 saturated carbocycles. The molecule has 5 nitrogen and oxygen atoms in total. The molecule has 0 amide bonds. The molecule has 262 valence electrons. The Hall–Kier alpha value is -7.63. The molecule has 0 aliphatic rings. The van der Waals surface area contributed by atoms with Crippen molar-refractivity contribution >= 4 is 43.7 Å². The lowest BCUT2D eigenvalue weighted by Gasteiger charge is -2.10. The highest BCUT2D eigenvalue weighted by Crippen LogP contribution is 2.41. The lowest BCUT2D eigenvalue weighted by Crippen LogP contribution is -2.00. The molecular weight excluding hydrogens is 685 g/mol.